The number of piperazine rings is 1. The van der Waals surface area contributed by atoms with Crippen molar-refractivity contribution >= 4 is 27.4 Å². The monoisotopic (exact) mass is 495 g/mol. The number of nitrogens with one attached hydrogen (secondary N) is 1. The number of nitrogens with zero attached hydrogens (tertiary/aromatic N) is 2. The van der Waals surface area contributed by atoms with E-state index in [4.69, 9.17) is 4.74 Å². The Morgan fingerprint density at radius 3 is 1.89 bits per heavy atom. The van der Waals surface area contributed by atoms with Crippen molar-refractivity contribution in [1.82, 2.24) is 4.72 Å². The third-order valence-corrected chi connectivity index (χ3v) is 7.60. The van der Waals surface area contributed by atoms with Crippen molar-refractivity contribution in [1.29, 1.82) is 0 Å². The zero-order valence-corrected chi connectivity index (χ0v) is 20.3. The Labute approximate surface area is 205 Å². The molecule has 0 bridgehead atoms. The van der Waals surface area contributed by atoms with Crippen molar-refractivity contribution < 1.29 is 23.1 Å². The van der Waals surface area contributed by atoms with Crippen molar-refractivity contribution in [2.24, 2.45) is 0 Å². The molecule has 1 atom stereocenters. The molecule has 0 amide bonds. The predicted molar refractivity (Wildman–Crippen MR) is 136 cm³/mol. The third-order valence-electron chi connectivity index (χ3n) is 6.11. The number of ether oxygens (including phenoxy) is 1. The minimum absolute atomic E-state index is 0.0393. The number of hydrogen-bond donors (Lipinski definition) is 2. The number of anilines is 2. The quantitative estimate of drug-likeness (QED) is 0.471. The van der Waals surface area contributed by atoms with Gasteiger partial charge in [0.2, 0.25) is 10.0 Å². The fourth-order valence-electron chi connectivity index (χ4n) is 4.14. The Morgan fingerprint density at radius 1 is 0.886 bits per heavy atom. The van der Waals surface area contributed by atoms with Gasteiger partial charge < -0.3 is 19.6 Å². The van der Waals surface area contributed by atoms with Crippen LogP contribution in [0.2, 0.25) is 0 Å². The predicted octanol–water partition coefficient (Wildman–Crippen LogP) is 3.00. The molecule has 0 saturated carbocycles. The highest BCUT2D eigenvalue weighted by Crippen LogP contribution is 2.24. The third kappa shape index (κ3) is 6.12. The molecule has 0 aliphatic carbocycles. The second-order valence-corrected chi connectivity index (χ2v) is 10.1. The molecule has 2 N–H and O–H groups in total. The van der Waals surface area contributed by atoms with Crippen LogP contribution in [0.3, 0.4) is 0 Å². The second kappa shape index (κ2) is 10.8. The maximum atomic E-state index is 12.9. The molecule has 1 heterocycles. The van der Waals surface area contributed by atoms with Crippen LogP contribution in [0.25, 0.3) is 0 Å². The van der Waals surface area contributed by atoms with Crippen LogP contribution in [0, 0.1) is 0 Å². The number of carboxylic acids is 1. The van der Waals surface area contributed by atoms with Crippen LogP contribution in [0.1, 0.15) is 5.56 Å². The Bertz CT molecular complexity index is 1220. The molecule has 9 heteroatoms. The molecule has 0 radical (unpaired) electrons. The van der Waals surface area contributed by atoms with Gasteiger partial charge in [-0.1, -0.05) is 30.3 Å². The van der Waals surface area contributed by atoms with Crippen molar-refractivity contribution in [2.45, 2.75) is 17.4 Å². The highest BCUT2D eigenvalue weighted by molar-refractivity contribution is 7.89. The second-order valence-electron chi connectivity index (χ2n) is 8.37. The van der Waals surface area contributed by atoms with E-state index in [0.29, 0.717) is 0 Å². The smallest absolute Gasteiger partial charge is 0.322 e. The summed E-state index contributed by atoms with van der Waals surface area (Å²) in [7, 11) is -2.34. The summed E-state index contributed by atoms with van der Waals surface area (Å²) < 4.78 is 33.3. The van der Waals surface area contributed by atoms with Crippen LogP contribution in [-0.2, 0) is 21.2 Å². The number of carboxylic acid groups (broad SMARTS) is 1. The summed E-state index contributed by atoms with van der Waals surface area (Å²) in [5.74, 6) is -0.393. The van der Waals surface area contributed by atoms with Crippen molar-refractivity contribution in [2.75, 3.05) is 43.1 Å². The summed E-state index contributed by atoms with van der Waals surface area (Å²) in [5.41, 5.74) is 2.81. The Balaban J connectivity index is 1.38. The molecule has 0 spiro atoms. The van der Waals surface area contributed by atoms with Gasteiger partial charge in [0, 0.05) is 37.6 Å². The van der Waals surface area contributed by atoms with Gasteiger partial charge in [-0.05, 0) is 60.5 Å². The summed E-state index contributed by atoms with van der Waals surface area (Å²) >= 11 is 0. The number of carbonyl (C=O) groups is 1. The zero-order chi connectivity index (χ0) is 24.8. The van der Waals surface area contributed by atoms with E-state index < -0.39 is 22.0 Å². The van der Waals surface area contributed by atoms with E-state index in [9.17, 15) is 18.3 Å². The number of aliphatic carboxylic acids is 1. The molecule has 1 saturated heterocycles. The summed E-state index contributed by atoms with van der Waals surface area (Å²) in [4.78, 5) is 16.2. The molecule has 8 nitrogen and oxygen atoms in total. The lowest BCUT2D eigenvalue weighted by molar-refractivity contribution is -0.138. The van der Waals surface area contributed by atoms with Crippen LogP contribution in [0.4, 0.5) is 11.4 Å². The van der Waals surface area contributed by atoms with Crippen LogP contribution >= 0.6 is 0 Å². The standard InChI is InChI=1S/C26H29N3O5S/c1-34-23-11-7-21(8-12-23)28-15-17-29(18-16-28)22-9-13-24(14-10-22)35(32,33)27-25(26(30)31)19-20-5-3-2-4-6-20/h2-14,25,27H,15-19H2,1H3,(H,30,31). The average Bonchev–Trinajstić information content (AvgIpc) is 2.89. The number of methoxy groups -OCH3 is 1. The summed E-state index contributed by atoms with van der Waals surface area (Å²) in [6, 6.07) is 22.3. The highest BCUT2D eigenvalue weighted by atomic mass is 32.2. The van der Waals surface area contributed by atoms with Crippen molar-refractivity contribution in [3.05, 3.63) is 84.4 Å². The molecule has 1 aliphatic rings. The Hall–Kier alpha value is -3.56. The maximum Gasteiger partial charge on any atom is 0.322 e. The molecule has 0 aromatic heterocycles. The van der Waals surface area contributed by atoms with Gasteiger partial charge in [0.25, 0.3) is 0 Å². The maximum absolute atomic E-state index is 12.9. The molecule has 3 aromatic carbocycles. The number of rotatable bonds is 9. The van der Waals surface area contributed by atoms with Crippen molar-refractivity contribution in [3.8, 4) is 5.75 Å². The zero-order valence-electron chi connectivity index (χ0n) is 19.5. The number of benzene rings is 3. The summed E-state index contributed by atoms with van der Waals surface area (Å²) in [6.45, 7) is 3.28. The number of sulfonamides is 1. The van der Waals surface area contributed by atoms with Gasteiger partial charge in [-0.15, -0.1) is 0 Å². The van der Waals surface area contributed by atoms with Gasteiger partial charge >= 0.3 is 5.97 Å². The van der Waals surface area contributed by atoms with E-state index >= 15 is 0 Å². The van der Waals surface area contributed by atoms with Crippen molar-refractivity contribution in [3.63, 3.8) is 0 Å². The van der Waals surface area contributed by atoms with E-state index in [1.165, 1.54) is 12.1 Å². The fraction of sp³-hybridized carbons (Fsp3) is 0.269. The van der Waals surface area contributed by atoms with E-state index in [0.717, 1.165) is 48.9 Å². The Morgan fingerprint density at radius 2 is 1.40 bits per heavy atom. The average molecular weight is 496 g/mol. The summed E-state index contributed by atoms with van der Waals surface area (Å²) in [5, 5.41) is 9.55. The summed E-state index contributed by atoms with van der Waals surface area (Å²) in [6.07, 6.45) is 0.0615. The molecule has 1 unspecified atom stereocenters. The first-order valence-corrected chi connectivity index (χ1v) is 12.9. The normalized spacial score (nSPS) is 15.0. The minimum Gasteiger partial charge on any atom is -0.497 e. The first kappa shape index (κ1) is 24.6. The highest BCUT2D eigenvalue weighted by Gasteiger charge is 2.26. The largest absolute Gasteiger partial charge is 0.497 e. The molecular weight excluding hydrogens is 466 g/mol. The first-order chi connectivity index (χ1) is 16.9. The lowest BCUT2D eigenvalue weighted by Crippen LogP contribution is -2.46. The topological polar surface area (TPSA) is 99.2 Å². The van der Waals surface area contributed by atoms with E-state index in [1.807, 2.05) is 30.3 Å². The Kier molecular flexibility index (Phi) is 7.57. The van der Waals surface area contributed by atoms with Gasteiger partial charge in [0.15, 0.2) is 0 Å². The lowest BCUT2D eigenvalue weighted by atomic mass is 10.1. The van der Waals surface area contributed by atoms with Gasteiger partial charge in [-0.2, -0.15) is 4.72 Å². The fourth-order valence-corrected chi connectivity index (χ4v) is 5.33. The van der Waals surface area contributed by atoms with Crippen LogP contribution in [-0.4, -0.2) is 58.8 Å². The van der Waals surface area contributed by atoms with Gasteiger partial charge in [0.1, 0.15) is 11.8 Å². The van der Waals surface area contributed by atoms with E-state index in [-0.39, 0.29) is 11.3 Å². The van der Waals surface area contributed by atoms with Gasteiger partial charge in [0.05, 0.1) is 12.0 Å². The van der Waals surface area contributed by atoms with E-state index in [1.54, 1.807) is 43.5 Å². The molecule has 4 rings (SSSR count). The lowest BCUT2D eigenvalue weighted by Gasteiger charge is -2.37. The first-order valence-electron chi connectivity index (χ1n) is 11.4. The van der Waals surface area contributed by atoms with Crippen LogP contribution in [0.15, 0.2) is 83.8 Å². The van der Waals surface area contributed by atoms with Gasteiger partial charge in [-0.25, -0.2) is 8.42 Å². The number of hydrogen-bond acceptors (Lipinski definition) is 6. The van der Waals surface area contributed by atoms with Gasteiger partial charge in [-0.3, -0.25) is 4.79 Å². The molecule has 35 heavy (non-hydrogen) atoms. The molecular formula is C26H29N3O5S. The van der Waals surface area contributed by atoms with E-state index in [2.05, 4.69) is 14.5 Å². The molecule has 1 aliphatic heterocycles. The molecule has 184 valence electrons. The molecule has 1 fully saturated rings. The molecule has 3 aromatic rings. The van der Waals surface area contributed by atoms with Crippen LogP contribution < -0.4 is 19.3 Å². The van der Waals surface area contributed by atoms with Crippen LogP contribution in [0.5, 0.6) is 5.75 Å². The minimum atomic E-state index is -3.99. The SMILES string of the molecule is COc1ccc(N2CCN(c3ccc(S(=O)(=O)NC(Cc4ccccc4)C(=O)O)cc3)CC2)cc1.